The summed E-state index contributed by atoms with van der Waals surface area (Å²) in [5.74, 6) is -2.94. The van der Waals surface area contributed by atoms with Crippen molar-refractivity contribution in [2.24, 2.45) is 11.1 Å². The molecule has 0 amide bonds. The number of carboxylic acid groups (broad SMARTS) is 2. The number of halogens is 3. The highest BCUT2D eigenvalue weighted by Crippen LogP contribution is 2.30. The van der Waals surface area contributed by atoms with E-state index in [1.807, 2.05) is 0 Å². The van der Waals surface area contributed by atoms with E-state index in [0.717, 1.165) is 12.1 Å². The van der Waals surface area contributed by atoms with Crippen LogP contribution in [0.4, 0.5) is 13.2 Å². The fraction of sp³-hybridized carbons (Fsp3) is 0.500. The van der Waals surface area contributed by atoms with Crippen molar-refractivity contribution in [2.75, 3.05) is 6.61 Å². The predicted octanol–water partition coefficient (Wildman–Crippen LogP) is 2.31. The van der Waals surface area contributed by atoms with Crippen molar-refractivity contribution >= 4 is 11.9 Å². The van der Waals surface area contributed by atoms with Gasteiger partial charge in [0.05, 0.1) is 18.1 Å². The minimum atomic E-state index is -4.38. The first-order valence-electron chi connectivity index (χ1n) is 7.23. The zero-order chi connectivity index (χ0) is 20.0. The van der Waals surface area contributed by atoms with Crippen LogP contribution < -0.4 is 5.73 Å². The lowest BCUT2D eigenvalue weighted by molar-refractivity contribution is -0.142. The molecule has 25 heavy (non-hydrogen) atoms. The lowest BCUT2D eigenvalue weighted by Gasteiger charge is -2.25. The Labute approximate surface area is 143 Å². The minimum absolute atomic E-state index is 0.222. The number of carbonyl (C=O) groups is 2. The van der Waals surface area contributed by atoms with Gasteiger partial charge in [-0.2, -0.15) is 13.2 Å². The molecule has 0 fully saturated rings. The highest BCUT2D eigenvalue weighted by molar-refractivity contribution is 5.75. The van der Waals surface area contributed by atoms with Gasteiger partial charge in [0.1, 0.15) is 6.04 Å². The maximum Gasteiger partial charge on any atom is 0.416 e. The summed E-state index contributed by atoms with van der Waals surface area (Å²) in [6.07, 6.45) is -4.38. The molecule has 9 heteroatoms. The Balaban J connectivity index is 0.000000504. The fourth-order valence-corrected chi connectivity index (χ4v) is 1.54. The Morgan fingerprint density at radius 2 is 1.52 bits per heavy atom. The summed E-state index contributed by atoms with van der Waals surface area (Å²) < 4.78 is 36.5. The van der Waals surface area contributed by atoms with Gasteiger partial charge in [-0.15, -0.1) is 0 Å². The molecule has 0 saturated carbocycles. The van der Waals surface area contributed by atoms with Gasteiger partial charge in [0, 0.05) is 5.41 Å². The molecule has 0 aliphatic heterocycles. The molecule has 0 bridgehead atoms. The van der Waals surface area contributed by atoms with E-state index in [0.29, 0.717) is 5.56 Å². The first kappa shape index (κ1) is 22.9. The maximum absolute atomic E-state index is 12.2. The Bertz CT molecular complexity index is 584. The summed E-state index contributed by atoms with van der Waals surface area (Å²) in [7, 11) is 0. The van der Waals surface area contributed by atoms with Gasteiger partial charge >= 0.3 is 18.1 Å². The Morgan fingerprint density at radius 3 is 1.76 bits per heavy atom. The lowest BCUT2D eigenvalue weighted by atomic mass is 9.86. The topological polar surface area (TPSA) is 121 Å². The van der Waals surface area contributed by atoms with Gasteiger partial charge in [0.15, 0.2) is 0 Å². The minimum Gasteiger partial charge on any atom is -0.481 e. The molecule has 0 radical (unpaired) electrons. The van der Waals surface area contributed by atoms with Crippen molar-refractivity contribution in [2.45, 2.75) is 38.9 Å². The summed E-state index contributed by atoms with van der Waals surface area (Å²) in [5.41, 5.74) is 4.08. The molecule has 1 rings (SSSR count). The SMILES string of the molecule is CC(C(=O)O)c1ccc(C(F)(F)F)cc1.CC(C)(CO)C(N)C(=O)O. The van der Waals surface area contributed by atoms with Crippen LogP contribution in [0.5, 0.6) is 0 Å². The second kappa shape index (κ2) is 8.82. The molecule has 1 aromatic carbocycles. The van der Waals surface area contributed by atoms with Crippen LogP contribution in [0.15, 0.2) is 24.3 Å². The van der Waals surface area contributed by atoms with Crippen LogP contribution in [-0.2, 0) is 15.8 Å². The van der Waals surface area contributed by atoms with Crippen molar-refractivity contribution in [1.82, 2.24) is 0 Å². The third kappa shape index (κ3) is 7.10. The summed E-state index contributed by atoms with van der Waals surface area (Å²) in [5, 5.41) is 25.7. The molecule has 0 aromatic heterocycles. The molecule has 142 valence electrons. The monoisotopic (exact) mass is 365 g/mol. The van der Waals surface area contributed by atoms with Gasteiger partial charge in [-0.05, 0) is 24.6 Å². The van der Waals surface area contributed by atoms with Crippen LogP contribution in [0.1, 0.15) is 37.8 Å². The van der Waals surface area contributed by atoms with Gasteiger partial charge in [-0.25, -0.2) is 0 Å². The first-order valence-corrected chi connectivity index (χ1v) is 7.23. The molecular formula is C16H22F3NO5. The number of benzene rings is 1. The number of alkyl halides is 3. The zero-order valence-electron chi connectivity index (χ0n) is 14.0. The first-order chi connectivity index (χ1) is 11.2. The van der Waals surface area contributed by atoms with Crippen LogP contribution in [0.3, 0.4) is 0 Å². The summed E-state index contributed by atoms with van der Waals surface area (Å²) in [4.78, 5) is 20.8. The molecule has 0 spiro atoms. The van der Waals surface area contributed by atoms with E-state index in [4.69, 9.17) is 21.1 Å². The number of aliphatic hydroxyl groups is 1. The van der Waals surface area contributed by atoms with Gasteiger partial charge < -0.3 is 21.1 Å². The third-order valence-electron chi connectivity index (χ3n) is 3.62. The second-order valence-corrected chi connectivity index (χ2v) is 6.14. The van der Waals surface area contributed by atoms with Crippen LogP contribution in [0.2, 0.25) is 0 Å². The average molecular weight is 365 g/mol. The third-order valence-corrected chi connectivity index (χ3v) is 3.62. The number of aliphatic hydroxyl groups excluding tert-OH is 1. The summed E-state index contributed by atoms with van der Waals surface area (Å²) in [6.45, 7) is 4.41. The molecule has 6 nitrogen and oxygen atoms in total. The van der Waals surface area contributed by atoms with Crippen molar-refractivity contribution < 1.29 is 38.1 Å². The molecular weight excluding hydrogens is 343 g/mol. The normalized spacial score (nSPS) is 14.1. The molecule has 0 aliphatic rings. The predicted molar refractivity (Wildman–Crippen MR) is 84.0 cm³/mol. The molecule has 2 atom stereocenters. The van der Waals surface area contributed by atoms with E-state index in [2.05, 4.69) is 0 Å². The highest BCUT2D eigenvalue weighted by atomic mass is 19.4. The van der Waals surface area contributed by atoms with E-state index in [9.17, 15) is 22.8 Å². The van der Waals surface area contributed by atoms with E-state index in [-0.39, 0.29) is 6.61 Å². The largest absolute Gasteiger partial charge is 0.481 e. The molecule has 1 aromatic rings. The van der Waals surface area contributed by atoms with Crippen molar-refractivity contribution in [3.05, 3.63) is 35.4 Å². The van der Waals surface area contributed by atoms with Crippen LogP contribution in [-0.4, -0.2) is 39.9 Å². The van der Waals surface area contributed by atoms with E-state index in [1.54, 1.807) is 13.8 Å². The van der Waals surface area contributed by atoms with E-state index < -0.39 is 41.1 Å². The van der Waals surface area contributed by atoms with Crippen LogP contribution >= 0.6 is 0 Å². The van der Waals surface area contributed by atoms with Gasteiger partial charge in [-0.1, -0.05) is 26.0 Å². The molecule has 0 saturated heterocycles. The van der Waals surface area contributed by atoms with E-state index >= 15 is 0 Å². The Hall–Kier alpha value is -2.13. The lowest BCUT2D eigenvalue weighted by Crippen LogP contribution is -2.45. The number of aliphatic carboxylic acids is 2. The molecule has 2 unspecified atom stereocenters. The van der Waals surface area contributed by atoms with Crippen LogP contribution in [0, 0.1) is 5.41 Å². The Kier molecular flexibility index (Phi) is 8.07. The van der Waals surface area contributed by atoms with Crippen molar-refractivity contribution in [3.63, 3.8) is 0 Å². The number of nitrogens with two attached hydrogens (primary N) is 1. The number of rotatable bonds is 5. The standard InChI is InChI=1S/C10H9F3O2.C6H13NO3/c1-6(9(14)15)7-2-4-8(5-3-7)10(11,12)13;1-6(2,3-8)4(7)5(9)10/h2-6H,1H3,(H,14,15);4,8H,3,7H2,1-2H3,(H,9,10). The summed E-state index contributed by atoms with van der Waals surface area (Å²) in [6, 6.07) is 3.13. The molecule has 0 heterocycles. The van der Waals surface area contributed by atoms with Crippen molar-refractivity contribution in [1.29, 1.82) is 0 Å². The highest BCUT2D eigenvalue weighted by Gasteiger charge is 2.31. The van der Waals surface area contributed by atoms with Crippen molar-refractivity contribution in [3.8, 4) is 0 Å². The smallest absolute Gasteiger partial charge is 0.416 e. The maximum atomic E-state index is 12.2. The zero-order valence-corrected chi connectivity index (χ0v) is 14.0. The van der Waals surface area contributed by atoms with Gasteiger partial charge in [-0.3, -0.25) is 9.59 Å². The van der Waals surface area contributed by atoms with Crippen LogP contribution in [0.25, 0.3) is 0 Å². The van der Waals surface area contributed by atoms with E-state index in [1.165, 1.54) is 19.1 Å². The number of hydrogen-bond acceptors (Lipinski definition) is 4. The average Bonchev–Trinajstić information content (AvgIpc) is 2.53. The van der Waals surface area contributed by atoms with Gasteiger partial charge in [0.2, 0.25) is 0 Å². The summed E-state index contributed by atoms with van der Waals surface area (Å²) >= 11 is 0. The number of carboxylic acids is 2. The molecule has 5 N–H and O–H groups in total. The quantitative estimate of drug-likeness (QED) is 0.635. The Morgan fingerprint density at radius 1 is 1.08 bits per heavy atom. The second-order valence-electron chi connectivity index (χ2n) is 6.14. The number of hydrogen-bond donors (Lipinski definition) is 4. The fourth-order valence-electron chi connectivity index (χ4n) is 1.54. The molecule has 0 aliphatic carbocycles. The van der Waals surface area contributed by atoms with Gasteiger partial charge in [0.25, 0.3) is 0 Å².